The molecule has 2 aromatic rings. The first-order valence-electron chi connectivity index (χ1n) is 9.67. The van der Waals surface area contributed by atoms with Crippen LogP contribution in [-0.2, 0) is 16.6 Å². The highest BCUT2D eigenvalue weighted by Gasteiger charge is 2.26. The fourth-order valence-corrected chi connectivity index (χ4v) is 5.61. The van der Waals surface area contributed by atoms with Gasteiger partial charge in [-0.2, -0.15) is 4.31 Å². The highest BCUT2D eigenvalue weighted by atomic mass is 32.2. The zero-order chi connectivity index (χ0) is 20.1. The average Bonchev–Trinajstić information content (AvgIpc) is 3.40. The summed E-state index contributed by atoms with van der Waals surface area (Å²) in [7, 11) is -3.62. The van der Waals surface area contributed by atoms with Crippen molar-refractivity contribution in [3.63, 3.8) is 0 Å². The summed E-state index contributed by atoms with van der Waals surface area (Å²) in [4.78, 5) is 16.3. The molecule has 1 aromatic carbocycles. The first-order valence-corrected chi connectivity index (χ1v) is 12.0. The van der Waals surface area contributed by atoms with Crippen molar-refractivity contribution in [1.82, 2.24) is 9.62 Å². The van der Waals surface area contributed by atoms with Crippen LogP contribution in [0.15, 0.2) is 40.6 Å². The number of carbonyl (C=O) groups excluding carboxylic acids is 1. The van der Waals surface area contributed by atoms with Crippen LogP contribution >= 0.6 is 11.3 Å². The Morgan fingerprint density at radius 2 is 1.89 bits per heavy atom. The number of hydrogen-bond acceptors (Lipinski definition) is 5. The van der Waals surface area contributed by atoms with Gasteiger partial charge in [-0.3, -0.25) is 4.79 Å². The van der Waals surface area contributed by atoms with Gasteiger partial charge in [0.1, 0.15) is 0 Å². The summed E-state index contributed by atoms with van der Waals surface area (Å²) in [6, 6.07) is 8.84. The van der Waals surface area contributed by atoms with Gasteiger partial charge in [0.25, 0.3) is 5.91 Å². The fraction of sp³-hybridized carbons (Fsp3) is 0.450. The van der Waals surface area contributed by atoms with Crippen LogP contribution in [0.5, 0.6) is 0 Å². The smallest absolute Gasteiger partial charge is 0.253 e. The Labute approximate surface area is 171 Å². The quantitative estimate of drug-likeness (QED) is 0.710. The highest BCUT2D eigenvalue weighted by Crippen LogP contribution is 2.28. The van der Waals surface area contributed by atoms with Gasteiger partial charge in [-0.15, -0.1) is 11.3 Å². The largest absolute Gasteiger partial charge is 0.371 e. The number of hydrogen-bond donors (Lipinski definition) is 1. The minimum absolute atomic E-state index is 0.167. The van der Waals surface area contributed by atoms with Gasteiger partial charge in [-0.25, -0.2) is 8.42 Å². The number of nitrogens with one attached hydrogen (secondary N) is 1. The normalized spacial score (nSPS) is 14.6. The number of thiophene rings is 1. The van der Waals surface area contributed by atoms with Gasteiger partial charge in [0.05, 0.1) is 17.0 Å². The van der Waals surface area contributed by atoms with Crippen LogP contribution in [0, 0.1) is 0 Å². The van der Waals surface area contributed by atoms with E-state index in [1.54, 1.807) is 23.5 Å². The maximum absolute atomic E-state index is 13.0. The second-order valence-corrected chi connectivity index (χ2v) is 9.69. The van der Waals surface area contributed by atoms with Crippen LogP contribution in [0.1, 0.15) is 41.9 Å². The molecule has 0 atom stereocenters. The van der Waals surface area contributed by atoms with Crippen LogP contribution in [0.25, 0.3) is 0 Å². The lowest BCUT2D eigenvalue weighted by molar-refractivity contribution is 0.0951. The Balaban J connectivity index is 1.94. The first-order chi connectivity index (χ1) is 13.5. The number of anilines is 1. The van der Waals surface area contributed by atoms with Crippen molar-refractivity contribution in [1.29, 1.82) is 0 Å². The molecule has 1 amide bonds. The zero-order valence-electron chi connectivity index (χ0n) is 16.3. The Morgan fingerprint density at radius 1 is 1.18 bits per heavy atom. The maximum atomic E-state index is 13.0. The summed E-state index contributed by atoms with van der Waals surface area (Å²) >= 11 is 1.58. The van der Waals surface area contributed by atoms with Gasteiger partial charge in [-0.1, -0.05) is 19.9 Å². The minimum atomic E-state index is -3.62. The molecule has 1 N–H and O–H groups in total. The molecule has 1 aromatic heterocycles. The number of benzene rings is 1. The predicted octanol–water partition coefficient (Wildman–Crippen LogP) is 3.31. The molecule has 0 aliphatic carbocycles. The molecule has 1 fully saturated rings. The summed E-state index contributed by atoms with van der Waals surface area (Å²) in [6.07, 6.45) is 2.16. The highest BCUT2D eigenvalue weighted by molar-refractivity contribution is 7.89. The van der Waals surface area contributed by atoms with E-state index >= 15 is 0 Å². The summed E-state index contributed by atoms with van der Waals surface area (Å²) in [5.41, 5.74) is 1.23. The van der Waals surface area contributed by atoms with Crippen molar-refractivity contribution < 1.29 is 13.2 Å². The van der Waals surface area contributed by atoms with Crippen molar-refractivity contribution in [3.05, 3.63) is 46.2 Å². The summed E-state index contributed by atoms with van der Waals surface area (Å²) in [5, 5.41) is 4.90. The van der Waals surface area contributed by atoms with Crippen LogP contribution in [-0.4, -0.2) is 44.8 Å². The molecule has 0 radical (unpaired) electrons. The first kappa shape index (κ1) is 20.8. The molecule has 1 saturated heterocycles. The third-order valence-corrected chi connectivity index (χ3v) is 7.93. The van der Waals surface area contributed by atoms with E-state index in [9.17, 15) is 13.2 Å². The van der Waals surface area contributed by atoms with E-state index in [4.69, 9.17) is 0 Å². The number of carbonyl (C=O) groups is 1. The van der Waals surface area contributed by atoms with Crippen molar-refractivity contribution in [2.75, 3.05) is 31.1 Å². The second kappa shape index (κ2) is 9.07. The lowest BCUT2D eigenvalue weighted by atomic mass is 10.1. The fourth-order valence-electron chi connectivity index (χ4n) is 3.48. The molecular formula is C20H27N3O3S2. The molecule has 2 heterocycles. The second-order valence-electron chi connectivity index (χ2n) is 6.72. The Bertz CT molecular complexity index is 901. The Hall–Kier alpha value is -1.90. The molecule has 28 heavy (non-hydrogen) atoms. The van der Waals surface area contributed by atoms with Crippen LogP contribution in [0.3, 0.4) is 0 Å². The van der Waals surface area contributed by atoms with Gasteiger partial charge in [-0.05, 0) is 42.5 Å². The van der Waals surface area contributed by atoms with Crippen LogP contribution in [0.4, 0.5) is 5.69 Å². The predicted molar refractivity (Wildman–Crippen MR) is 113 cm³/mol. The van der Waals surface area contributed by atoms with Crippen molar-refractivity contribution >= 4 is 33.0 Å². The number of sulfonamides is 1. The SMILES string of the molecule is CCN(CC)S(=O)(=O)c1ccc(N2CCCC2)c(C(=O)NCc2cccs2)c1. The van der Waals surface area contributed by atoms with Gasteiger partial charge >= 0.3 is 0 Å². The molecule has 0 saturated carbocycles. The molecule has 1 aliphatic heterocycles. The maximum Gasteiger partial charge on any atom is 0.253 e. The van der Waals surface area contributed by atoms with Crippen molar-refractivity contribution in [2.24, 2.45) is 0 Å². The van der Waals surface area contributed by atoms with Gasteiger partial charge < -0.3 is 10.2 Å². The monoisotopic (exact) mass is 421 g/mol. The minimum Gasteiger partial charge on any atom is -0.371 e. The molecule has 0 unspecified atom stereocenters. The van der Waals surface area contributed by atoms with Crippen molar-refractivity contribution in [3.8, 4) is 0 Å². The topological polar surface area (TPSA) is 69.7 Å². The van der Waals surface area contributed by atoms with E-state index < -0.39 is 10.0 Å². The average molecular weight is 422 g/mol. The molecule has 152 valence electrons. The van der Waals surface area contributed by atoms with E-state index in [-0.39, 0.29) is 10.8 Å². The summed E-state index contributed by atoms with van der Waals surface area (Å²) in [5.74, 6) is -0.244. The van der Waals surface area contributed by atoms with E-state index in [1.165, 1.54) is 10.4 Å². The molecule has 0 bridgehead atoms. The van der Waals surface area contributed by atoms with Gasteiger partial charge in [0.2, 0.25) is 10.0 Å². The molecule has 8 heteroatoms. The summed E-state index contributed by atoms with van der Waals surface area (Å²) < 4.78 is 27.3. The molecule has 1 aliphatic rings. The molecule has 0 spiro atoms. The van der Waals surface area contributed by atoms with E-state index in [0.717, 1.165) is 36.5 Å². The standard InChI is InChI=1S/C20H27N3O3S2/c1-3-23(4-2)28(25,26)17-9-10-19(22-11-5-6-12-22)18(14-17)20(24)21-15-16-8-7-13-27-16/h7-10,13-14H,3-6,11-12,15H2,1-2H3,(H,21,24). The lowest BCUT2D eigenvalue weighted by Crippen LogP contribution is -2.31. The Morgan fingerprint density at radius 3 is 2.50 bits per heavy atom. The van der Waals surface area contributed by atoms with E-state index in [2.05, 4.69) is 10.2 Å². The van der Waals surface area contributed by atoms with Gasteiger partial charge in [0, 0.05) is 36.7 Å². The molecular weight excluding hydrogens is 394 g/mol. The Kier molecular flexibility index (Phi) is 6.74. The third-order valence-electron chi connectivity index (χ3n) is 5.01. The van der Waals surface area contributed by atoms with Crippen LogP contribution in [0.2, 0.25) is 0 Å². The molecule has 6 nitrogen and oxygen atoms in total. The zero-order valence-corrected chi connectivity index (χ0v) is 18.0. The van der Waals surface area contributed by atoms with Crippen molar-refractivity contribution in [2.45, 2.75) is 38.1 Å². The van der Waals surface area contributed by atoms with E-state index in [0.29, 0.717) is 25.2 Å². The number of nitrogens with zero attached hydrogens (tertiary/aromatic N) is 2. The van der Waals surface area contributed by atoms with Gasteiger partial charge in [0.15, 0.2) is 0 Å². The lowest BCUT2D eigenvalue weighted by Gasteiger charge is -2.23. The van der Waals surface area contributed by atoms with E-state index in [1.807, 2.05) is 31.4 Å². The molecule has 3 rings (SSSR count). The van der Waals surface area contributed by atoms with Crippen LogP contribution < -0.4 is 10.2 Å². The summed E-state index contributed by atoms with van der Waals surface area (Å²) in [6.45, 7) is 6.62. The number of amides is 1. The third kappa shape index (κ3) is 4.39. The number of rotatable bonds is 8.